The number of nitrogens with zero attached hydrogens (tertiary/aromatic N) is 2. The van der Waals surface area contributed by atoms with Gasteiger partial charge in [0.2, 0.25) is 0 Å². The lowest BCUT2D eigenvalue weighted by Gasteiger charge is -2.23. The van der Waals surface area contributed by atoms with E-state index in [0.717, 1.165) is 37.1 Å². The molecule has 0 saturated carbocycles. The van der Waals surface area contributed by atoms with Crippen molar-refractivity contribution in [2.75, 3.05) is 19.3 Å². The number of nitrogens with one attached hydrogen (secondary N) is 1. The minimum Gasteiger partial charge on any atom is -0.325 e. The lowest BCUT2D eigenvalue weighted by atomic mass is 9.90. The average Bonchev–Trinajstić information content (AvgIpc) is 2.99. The van der Waals surface area contributed by atoms with Gasteiger partial charge in [-0.3, -0.25) is 0 Å². The van der Waals surface area contributed by atoms with Crippen molar-refractivity contribution in [1.29, 1.82) is 0 Å². The topological polar surface area (TPSA) is 64.0 Å². The van der Waals surface area contributed by atoms with Crippen molar-refractivity contribution in [3.63, 3.8) is 0 Å². The fourth-order valence-electron chi connectivity index (χ4n) is 3.82. The maximum Gasteiger partial charge on any atom is 0.175 e. The number of rotatable bonds is 3. The van der Waals surface area contributed by atoms with Gasteiger partial charge in [0.15, 0.2) is 9.84 Å². The van der Waals surface area contributed by atoms with Crippen LogP contribution < -0.4 is 5.32 Å². The highest BCUT2D eigenvalue weighted by atomic mass is 35.5. The lowest BCUT2D eigenvalue weighted by molar-refractivity contribution is 0.459. The summed E-state index contributed by atoms with van der Waals surface area (Å²) >= 11 is 0. The van der Waals surface area contributed by atoms with Crippen LogP contribution in [0.4, 0.5) is 4.39 Å². The summed E-state index contributed by atoms with van der Waals surface area (Å²) in [5.74, 6) is 0.700. The van der Waals surface area contributed by atoms with Crippen LogP contribution in [0.25, 0.3) is 22.4 Å². The highest BCUT2D eigenvalue weighted by Crippen LogP contribution is 2.32. The zero-order valence-corrected chi connectivity index (χ0v) is 17.4. The molecule has 2 heterocycles. The quantitative estimate of drug-likeness (QED) is 0.698. The van der Waals surface area contributed by atoms with Crippen molar-refractivity contribution in [3.8, 4) is 11.4 Å². The lowest BCUT2D eigenvalue weighted by Crippen LogP contribution is -2.26. The zero-order valence-electron chi connectivity index (χ0n) is 15.8. The molecule has 1 aromatic heterocycles. The third-order valence-corrected chi connectivity index (χ3v) is 6.42. The summed E-state index contributed by atoms with van der Waals surface area (Å²) in [5.41, 5.74) is 2.85. The Morgan fingerprint density at radius 2 is 1.79 bits per heavy atom. The van der Waals surface area contributed by atoms with Gasteiger partial charge in [-0.1, -0.05) is 0 Å². The molecular formula is C20H23ClFN3O2S. The first-order chi connectivity index (χ1) is 12.8. The molecule has 1 fully saturated rings. The molecule has 1 N–H and O–H groups in total. The van der Waals surface area contributed by atoms with Gasteiger partial charge in [0.05, 0.1) is 10.4 Å². The van der Waals surface area contributed by atoms with Crippen molar-refractivity contribution >= 4 is 33.3 Å². The fourth-order valence-corrected chi connectivity index (χ4v) is 4.45. The molecule has 1 saturated heterocycles. The van der Waals surface area contributed by atoms with Crippen molar-refractivity contribution in [2.45, 2.75) is 23.7 Å². The number of fused-ring (bicyclic) bond motifs is 1. The number of piperidine rings is 1. The van der Waals surface area contributed by atoms with E-state index in [0.29, 0.717) is 22.8 Å². The molecule has 0 radical (unpaired) electrons. The number of hydrogen-bond donors (Lipinski definition) is 1. The summed E-state index contributed by atoms with van der Waals surface area (Å²) < 4.78 is 39.9. The minimum atomic E-state index is -3.25. The van der Waals surface area contributed by atoms with E-state index in [9.17, 15) is 12.8 Å². The Hall–Kier alpha value is -1.96. The summed E-state index contributed by atoms with van der Waals surface area (Å²) in [6.45, 7) is 1.90. The number of hydrogen-bond acceptors (Lipinski definition) is 4. The molecule has 1 aliphatic heterocycles. The smallest absolute Gasteiger partial charge is 0.175 e. The average molecular weight is 424 g/mol. The molecule has 8 heteroatoms. The first kappa shape index (κ1) is 20.8. The van der Waals surface area contributed by atoms with Crippen molar-refractivity contribution in [2.24, 2.45) is 7.05 Å². The summed E-state index contributed by atoms with van der Waals surface area (Å²) in [5, 5.41) is 3.33. The first-order valence-electron chi connectivity index (χ1n) is 9.01. The van der Waals surface area contributed by atoms with Gasteiger partial charge in [-0.25, -0.2) is 17.8 Å². The predicted molar refractivity (Wildman–Crippen MR) is 111 cm³/mol. The second-order valence-corrected chi connectivity index (χ2v) is 9.20. The van der Waals surface area contributed by atoms with E-state index in [4.69, 9.17) is 0 Å². The molecule has 0 atom stereocenters. The van der Waals surface area contributed by atoms with E-state index in [2.05, 4.69) is 10.3 Å². The summed E-state index contributed by atoms with van der Waals surface area (Å²) in [4.78, 5) is 4.90. The maximum absolute atomic E-state index is 14.9. The van der Waals surface area contributed by atoms with Crippen LogP contribution in [-0.2, 0) is 16.9 Å². The van der Waals surface area contributed by atoms with Crippen LogP contribution in [0.3, 0.4) is 0 Å². The summed E-state index contributed by atoms with van der Waals surface area (Å²) in [6, 6.07) is 10.2. The van der Waals surface area contributed by atoms with Gasteiger partial charge in [-0.2, -0.15) is 0 Å². The van der Waals surface area contributed by atoms with Gasteiger partial charge >= 0.3 is 0 Å². The fraction of sp³-hybridized carbons (Fsp3) is 0.350. The Balaban J connectivity index is 0.00000225. The molecule has 0 unspecified atom stereocenters. The molecule has 4 rings (SSSR count). The Kier molecular flexibility index (Phi) is 5.79. The molecule has 5 nitrogen and oxygen atoms in total. The van der Waals surface area contributed by atoms with E-state index < -0.39 is 9.84 Å². The molecule has 1 aliphatic rings. The van der Waals surface area contributed by atoms with Crippen LogP contribution in [0.1, 0.15) is 24.3 Å². The largest absolute Gasteiger partial charge is 0.325 e. The molecule has 0 amide bonds. The van der Waals surface area contributed by atoms with Crippen LogP contribution in [-0.4, -0.2) is 37.3 Å². The second kappa shape index (κ2) is 7.81. The third kappa shape index (κ3) is 3.79. The number of imidazole rings is 1. The first-order valence-corrected chi connectivity index (χ1v) is 10.9. The van der Waals surface area contributed by atoms with Crippen LogP contribution in [0, 0.1) is 5.82 Å². The Labute approximate surface area is 170 Å². The number of halogens is 2. The monoisotopic (exact) mass is 423 g/mol. The number of benzene rings is 2. The Morgan fingerprint density at radius 1 is 1.14 bits per heavy atom. The minimum absolute atomic E-state index is 0. The number of aromatic nitrogens is 2. The molecular weight excluding hydrogens is 401 g/mol. The van der Waals surface area contributed by atoms with Crippen molar-refractivity contribution < 1.29 is 12.8 Å². The van der Waals surface area contributed by atoms with E-state index in [1.54, 1.807) is 41.9 Å². The predicted octanol–water partition coefficient (Wildman–Crippen LogP) is 3.67. The van der Waals surface area contributed by atoms with Crippen LogP contribution in [0.2, 0.25) is 0 Å². The highest BCUT2D eigenvalue weighted by molar-refractivity contribution is 7.90. The molecule has 2 aromatic carbocycles. The molecule has 0 spiro atoms. The van der Waals surface area contributed by atoms with Gasteiger partial charge in [-0.15, -0.1) is 12.4 Å². The van der Waals surface area contributed by atoms with Gasteiger partial charge in [0.1, 0.15) is 17.2 Å². The molecule has 0 aliphatic carbocycles. The van der Waals surface area contributed by atoms with Crippen LogP contribution >= 0.6 is 12.4 Å². The zero-order chi connectivity index (χ0) is 19.2. The van der Waals surface area contributed by atoms with Crippen LogP contribution in [0.15, 0.2) is 41.3 Å². The van der Waals surface area contributed by atoms with Crippen molar-refractivity contribution in [1.82, 2.24) is 14.9 Å². The number of sulfone groups is 1. The van der Waals surface area contributed by atoms with E-state index in [1.165, 1.54) is 6.26 Å². The number of aryl methyl sites for hydroxylation is 1. The van der Waals surface area contributed by atoms with Crippen molar-refractivity contribution in [3.05, 3.63) is 47.8 Å². The Bertz CT molecular complexity index is 1100. The van der Waals surface area contributed by atoms with E-state index in [1.807, 2.05) is 6.07 Å². The van der Waals surface area contributed by atoms with Gasteiger partial charge < -0.3 is 9.88 Å². The Morgan fingerprint density at radius 3 is 2.39 bits per heavy atom. The second-order valence-electron chi connectivity index (χ2n) is 7.19. The SMILES string of the molecule is Cl.Cn1c(-c2ccc(S(C)(=O)=O)cc2)nc2cc(C3CCNCC3)cc(F)c21. The maximum atomic E-state index is 14.9. The molecule has 3 aromatic rings. The molecule has 150 valence electrons. The van der Waals surface area contributed by atoms with E-state index in [-0.39, 0.29) is 23.1 Å². The van der Waals surface area contributed by atoms with Gasteiger partial charge in [-0.05, 0) is 73.8 Å². The van der Waals surface area contributed by atoms with Crippen LogP contribution in [0.5, 0.6) is 0 Å². The van der Waals surface area contributed by atoms with Gasteiger partial charge in [0, 0.05) is 18.9 Å². The highest BCUT2D eigenvalue weighted by Gasteiger charge is 2.20. The third-order valence-electron chi connectivity index (χ3n) is 5.30. The van der Waals surface area contributed by atoms with E-state index >= 15 is 0 Å². The van der Waals surface area contributed by atoms with Gasteiger partial charge in [0.25, 0.3) is 0 Å². The summed E-state index contributed by atoms with van der Waals surface area (Å²) in [6.07, 6.45) is 3.17. The summed E-state index contributed by atoms with van der Waals surface area (Å²) in [7, 11) is -1.47. The normalized spacial score (nSPS) is 15.5. The molecule has 0 bridgehead atoms. The molecule has 28 heavy (non-hydrogen) atoms. The standard InChI is InChI=1S/C20H22FN3O2S.ClH/c1-24-19-17(21)11-15(13-7-9-22-10-8-13)12-18(19)23-20(24)14-3-5-16(6-4-14)27(2,25)26;/h3-6,11-13,22H,7-10H2,1-2H3;1H.